The van der Waals surface area contributed by atoms with Gasteiger partial charge in [-0.05, 0) is 23.3 Å². The van der Waals surface area contributed by atoms with Crippen molar-refractivity contribution in [3.8, 4) is 0 Å². The van der Waals surface area contributed by atoms with Crippen LogP contribution >= 0.6 is 0 Å². The van der Waals surface area contributed by atoms with Crippen LogP contribution in [0.5, 0.6) is 0 Å². The van der Waals surface area contributed by atoms with Crippen molar-refractivity contribution in [3.63, 3.8) is 0 Å². The summed E-state index contributed by atoms with van der Waals surface area (Å²) < 4.78 is 12.8. The topological polar surface area (TPSA) is 26.0 Å². The van der Waals surface area contributed by atoms with E-state index in [1.807, 2.05) is 18.2 Å². The van der Waals surface area contributed by atoms with Gasteiger partial charge in [0, 0.05) is 18.5 Å². The Hall–Kier alpha value is -1.05. The molecule has 1 aliphatic rings. The minimum Gasteiger partial charge on any atom is -0.399 e. The van der Waals surface area contributed by atoms with Crippen LogP contribution in [0.3, 0.4) is 0 Å². The fraction of sp³-hybridized carbons (Fsp3) is 0.333. The Bertz CT molecular complexity index is 283. The van der Waals surface area contributed by atoms with E-state index in [9.17, 15) is 4.39 Å². The number of rotatable bonds is 0. The average molecular weight is 151 g/mol. The smallest absolute Gasteiger partial charge is 0.108 e. The second-order valence-corrected chi connectivity index (χ2v) is 3.03. The van der Waals surface area contributed by atoms with Gasteiger partial charge in [0.25, 0.3) is 0 Å². The lowest BCUT2D eigenvalue weighted by Gasteiger charge is -1.97. The van der Waals surface area contributed by atoms with Gasteiger partial charge in [0.2, 0.25) is 0 Å². The van der Waals surface area contributed by atoms with Crippen LogP contribution in [0, 0.1) is 0 Å². The second kappa shape index (κ2) is 2.22. The Kier molecular flexibility index (Phi) is 1.34. The largest absolute Gasteiger partial charge is 0.399 e. The molecule has 0 fully saturated rings. The maximum absolute atomic E-state index is 12.8. The van der Waals surface area contributed by atoms with E-state index in [2.05, 4.69) is 0 Å². The highest BCUT2D eigenvalue weighted by Crippen LogP contribution is 2.25. The van der Waals surface area contributed by atoms with E-state index < -0.39 is 6.17 Å². The first kappa shape index (κ1) is 6.65. The first-order valence-electron chi connectivity index (χ1n) is 3.77. The van der Waals surface area contributed by atoms with Crippen molar-refractivity contribution in [3.05, 3.63) is 29.3 Å². The molecule has 0 saturated carbocycles. The van der Waals surface area contributed by atoms with Gasteiger partial charge in [-0.1, -0.05) is 6.07 Å². The van der Waals surface area contributed by atoms with Crippen LogP contribution in [0.25, 0.3) is 0 Å². The first-order valence-corrected chi connectivity index (χ1v) is 3.77. The third-order valence-corrected chi connectivity index (χ3v) is 2.11. The highest BCUT2D eigenvalue weighted by molar-refractivity contribution is 5.47. The van der Waals surface area contributed by atoms with E-state index in [1.165, 1.54) is 0 Å². The summed E-state index contributed by atoms with van der Waals surface area (Å²) in [6.45, 7) is 0. The van der Waals surface area contributed by atoms with Gasteiger partial charge < -0.3 is 5.73 Å². The van der Waals surface area contributed by atoms with E-state index in [0.29, 0.717) is 12.8 Å². The lowest BCUT2D eigenvalue weighted by atomic mass is 10.1. The predicted molar refractivity (Wildman–Crippen MR) is 43.2 cm³/mol. The zero-order valence-corrected chi connectivity index (χ0v) is 6.18. The lowest BCUT2D eigenvalue weighted by Crippen LogP contribution is -1.95. The normalized spacial score (nSPS) is 21.7. The second-order valence-electron chi connectivity index (χ2n) is 3.03. The van der Waals surface area contributed by atoms with Gasteiger partial charge in [-0.2, -0.15) is 0 Å². The van der Waals surface area contributed by atoms with Crippen molar-refractivity contribution in [1.82, 2.24) is 0 Å². The molecular formula is C9H10FN. The van der Waals surface area contributed by atoms with Crippen LogP contribution in [0.4, 0.5) is 10.1 Å². The summed E-state index contributed by atoms with van der Waals surface area (Å²) in [6, 6.07) is 5.62. The minimum absolute atomic E-state index is 0.542. The molecule has 0 heterocycles. The number of alkyl halides is 1. The van der Waals surface area contributed by atoms with E-state index in [4.69, 9.17) is 5.73 Å². The molecule has 1 aromatic carbocycles. The molecule has 1 unspecified atom stereocenters. The SMILES string of the molecule is Nc1ccc2c(c1)CC(F)C2. The number of hydrogen-bond donors (Lipinski definition) is 1. The Labute approximate surface area is 65.0 Å². The molecule has 0 saturated heterocycles. The number of benzene rings is 1. The van der Waals surface area contributed by atoms with E-state index in [-0.39, 0.29) is 0 Å². The molecule has 1 nitrogen and oxygen atoms in total. The summed E-state index contributed by atoms with van der Waals surface area (Å²) in [7, 11) is 0. The quantitative estimate of drug-likeness (QED) is 0.561. The van der Waals surface area contributed by atoms with Gasteiger partial charge in [-0.25, -0.2) is 4.39 Å². The molecular weight excluding hydrogens is 141 g/mol. The van der Waals surface area contributed by atoms with Crippen molar-refractivity contribution < 1.29 is 4.39 Å². The standard InChI is InChI=1S/C9H10FN/c10-8-3-6-1-2-9(11)5-7(6)4-8/h1-2,5,8H,3-4,11H2. The fourth-order valence-electron chi connectivity index (χ4n) is 1.58. The summed E-state index contributed by atoms with van der Waals surface area (Å²) in [6.07, 6.45) is 0.419. The highest BCUT2D eigenvalue weighted by atomic mass is 19.1. The van der Waals surface area contributed by atoms with Gasteiger partial charge in [-0.3, -0.25) is 0 Å². The monoisotopic (exact) mass is 151 g/mol. The summed E-state index contributed by atoms with van der Waals surface area (Å²) in [4.78, 5) is 0. The molecule has 58 valence electrons. The zero-order chi connectivity index (χ0) is 7.84. The highest BCUT2D eigenvalue weighted by Gasteiger charge is 2.19. The predicted octanol–water partition coefficient (Wildman–Crippen LogP) is 1.71. The molecule has 2 rings (SSSR count). The van der Waals surface area contributed by atoms with Crippen molar-refractivity contribution in [2.45, 2.75) is 19.0 Å². The van der Waals surface area contributed by atoms with Crippen LogP contribution in [-0.4, -0.2) is 6.17 Å². The van der Waals surface area contributed by atoms with Crippen molar-refractivity contribution >= 4 is 5.69 Å². The Balaban J connectivity index is 2.43. The number of nitrogen functional groups attached to an aromatic ring is 1. The summed E-state index contributed by atoms with van der Waals surface area (Å²) in [5, 5.41) is 0. The van der Waals surface area contributed by atoms with Gasteiger partial charge >= 0.3 is 0 Å². The molecule has 1 aliphatic carbocycles. The van der Waals surface area contributed by atoms with Gasteiger partial charge in [0.1, 0.15) is 6.17 Å². The molecule has 0 aromatic heterocycles. The third-order valence-electron chi connectivity index (χ3n) is 2.11. The third kappa shape index (κ3) is 1.09. The van der Waals surface area contributed by atoms with Gasteiger partial charge in [-0.15, -0.1) is 0 Å². The molecule has 2 N–H and O–H groups in total. The van der Waals surface area contributed by atoms with Crippen LogP contribution in [-0.2, 0) is 12.8 Å². The average Bonchev–Trinajstić information content (AvgIpc) is 2.27. The van der Waals surface area contributed by atoms with E-state index >= 15 is 0 Å². The lowest BCUT2D eigenvalue weighted by molar-refractivity contribution is 0.349. The maximum Gasteiger partial charge on any atom is 0.108 e. The van der Waals surface area contributed by atoms with Crippen LogP contribution in [0.1, 0.15) is 11.1 Å². The summed E-state index contributed by atoms with van der Waals surface area (Å²) >= 11 is 0. The number of nitrogens with two attached hydrogens (primary N) is 1. The first-order chi connectivity index (χ1) is 5.25. The molecule has 1 atom stereocenters. The minimum atomic E-state index is -0.688. The molecule has 0 radical (unpaired) electrons. The van der Waals surface area contributed by atoms with Gasteiger partial charge in [0.05, 0.1) is 0 Å². The Morgan fingerprint density at radius 2 is 2.00 bits per heavy atom. The van der Waals surface area contributed by atoms with Crippen LogP contribution in [0.2, 0.25) is 0 Å². The van der Waals surface area contributed by atoms with Crippen LogP contribution < -0.4 is 5.73 Å². The Morgan fingerprint density at radius 3 is 2.82 bits per heavy atom. The summed E-state index contributed by atoms with van der Waals surface area (Å²) in [5.41, 5.74) is 8.49. The fourth-order valence-corrected chi connectivity index (χ4v) is 1.58. The molecule has 2 heteroatoms. The number of fused-ring (bicyclic) bond motifs is 1. The van der Waals surface area contributed by atoms with Gasteiger partial charge in [0.15, 0.2) is 0 Å². The summed E-state index contributed by atoms with van der Waals surface area (Å²) in [5.74, 6) is 0. The molecule has 11 heavy (non-hydrogen) atoms. The molecule has 0 spiro atoms. The molecule has 0 bridgehead atoms. The van der Waals surface area contributed by atoms with E-state index in [0.717, 1.165) is 16.8 Å². The molecule has 0 aliphatic heterocycles. The van der Waals surface area contributed by atoms with Crippen molar-refractivity contribution in [1.29, 1.82) is 0 Å². The maximum atomic E-state index is 12.8. The van der Waals surface area contributed by atoms with Crippen LogP contribution in [0.15, 0.2) is 18.2 Å². The number of hydrogen-bond acceptors (Lipinski definition) is 1. The van der Waals surface area contributed by atoms with E-state index in [1.54, 1.807) is 0 Å². The van der Waals surface area contributed by atoms with Crippen molar-refractivity contribution in [2.24, 2.45) is 0 Å². The van der Waals surface area contributed by atoms with Crippen molar-refractivity contribution in [2.75, 3.05) is 5.73 Å². The zero-order valence-electron chi connectivity index (χ0n) is 6.18. The molecule has 0 amide bonds. The number of halogens is 1. The Morgan fingerprint density at radius 1 is 1.27 bits per heavy atom. The number of anilines is 1. The molecule has 1 aromatic rings.